The standard InChI is InChI=1S/C13H15ClN2O3S/c14-12-6-9(7-15)2-4-13(12)20(18,19)16-8-10-1-3-11(17)5-10/h2,4,6,10-11,16-17H,1,3,5,8H2. The molecule has 0 heterocycles. The first-order valence-electron chi connectivity index (χ1n) is 6.30. The smallest absolute Gasteiger partial charge is 0.242 e. The van der Waals surface area contributed by atoms with Crippen LogP contribution < -0.4 is 4.72 Å². The van der Waals surface area contributed by atoms with Crippen molar-refractivity contribution in [2.24, 2.45) is 5.92 Å². The summed E-state index contributed by atoms with van der Waals surface area (Å²) in [5.41, 5.74) is 0.313. The highest BCUT2D eigenvalue weighted by atomic mass is 35.5. The van der Waals surface area contributed by atoms with E-state index in [1.165, 1.54) is 18.2 Å². The van der Waals surface area contributed by atoms with Crippen LogP contribution in [0, 0.1) is 17.2 Å². The van der Waals surface area contributed by atoms with Crippen LogP contribution >= 0.6 is 11.6 Å². The lowest BCUT2D eigenvalue weighted by molar-refractivity contribution is 0.178. The van der Waals surface area contributed by atoms with Crippen molar-refractivity contribution in [2.45, 2.75) is 30.3 Å². The van der Waals surface area contributed by atoms with E-state index in [2.05, 4.69) is 4.72 Å². The molecule has 0 spiro atoms. The van der Waals surface area contributed by atoms with Gasteiger partial charge in [0.2, 0.25) is 10.0 Å². The lowest BCUT2D eigenvalue weighted by Gasteiger charge is -2.12. The van der Waals surface area contributed by atoms with Crippen molar-refractivity contribution in [3.05, 3.63) is 28.8 Å². The van der Waals surface area contributed by atoms with Crippen LogP contribution in [-0.2, 0) is 10.0 Å². The van der Waals surface area contributed by atoms with Crippen LogP contribution in [0.2, 0.25) is 5.02 Å². The second-order valence-electron chi connectivity index (χ2n) is 4.94. The Kier molecular flexibility index (Phi) is 4.66. The minimum absolute atomic E-state index is 0.0306. The normalized spacial score (nSPS) is 22.6. The minimum Gasteiger partial charge on any atom is -0.393 e. The molecule has 0 aromatic heterocycles. The number of nitrogens with one attached hydrogen (secondary N) is 1. The Balaban J connectivity index is 2.09. The quantitative estimate of drug-likeness (QED) is 0.884. The lowest BCUT2D eigenvalue weighted by Crippen LogP contribution is -2.29. The fourth-order valence-electron chi connectivity index (χ4n) is 2.33. The van der Waals surface area contributed by atoms with Gasteiger partial charge in [-0.1, -0.05) is 11.6 Å². The maximum Gasteiger partial charge on any atom is 0.242 e. The van der Waals surface area contributed by atoms with Gasteiger partial charge in [-0.15, -0.1) is 0 Å². The summed E-state index contributed by atoms with van der Waals surface area (Å²) in [4.78, 5) is -0.0308. The minimum atomic E-state index is -3.69. The molecule has 2 atom stereocenters. The third kappa shape index (κ3) is 3.49. The molecule has 2 unspecified atom stereocenters. The van der Waals surface area contributed by atoms with E-state index in [1.807, 2.05) is 6.07 Å². The Hall–Kier alpha value is -1.13. The number of aliphatic hydroxyl groups is 1. The molecule has 0 radical (unpaired) electrons. The summed E-state index contributed by atoms with van der Waals surface area (Å²) in [6.07, 6.45) is 1.81. The van der Waals surface area contributed by atoms with E-state index in [1.54, 1.807) is 0 Å². The van der Waals surface area contributed by atoms with Gasteiger partial charge in [-0.25, -0.2) is 13.1 Å². The molecule has 0 bridgehead atoms. The van der Waals surface area contributed by atoms with Crippen LogP contribution in [0.4, 0.5) is 0 Å². The van der Waals surface area contributed by atoms with Gasteiger partial charge in [-0.2, -0.15) is 5.26 Å². The average Bonchev–Trinajstić information content (AvgIpc) is 2.82. The summed E-state index contributed by atoms with van der Waals surface area (Å²) >= 11 is 5.90. The first kappa shape index (κ1) is 15.3. The summed E-state index contributed by atoms with van der Waals surface area (Å²) in [7, 11) is -3.69. The molecule has 0 amide bonds. The Bertz CT molecular complexity index is 640. The van der Waals surface area contributed by atoms with E-state index in [4.69, 9.17) is 16.9 Å². The van der Waals surface area contributed by atoms with Crippen molar-refractivity contribution in [1.82, 2.24) is 4.72 Å². The summed E-state index contributed by atoms with van der Waals surface area (Å²) in [5, 5.41) is 18.2. The number of hydrogen-bond acceptors (Lipinski definition) is 4. The predicted molar refractivity (Wildman–Crippen MR) is 74.7 cm³/mol. The van der Waals surface area contributed by atoms with E-state index in [-0.39, 0.29) is 28.5 Å². The molecule has 2 rings (SSSR count). The van der Waals surface area contributed by atoms with Crippen molar-refractivity contribution in [1.29, 1.82) is 5.26 Å². The number of halogens is 1. The largest absolute Gasteiger partial charge is 0.393 e. The second-order valence-corrected chi connectivity index (χ2v) is 7.08. The summed E-state index contributed by atoms with van der Waals surface area (Å²) in [5.74, 6) is 0.150. The number of aliphatic hydroxyl groups excluding tert-OH is 1. The highest BCUT2D eigenvalue weighted by molar-refractivity contribution is 7.89. The molecule has 108 valence electrons. The van der Waals surface area contributed by atoms with Gasteiger partial charge in [0.25, 0.3) is 0 Å². The molecule has 1 aliphatic rings. The molecule has 0 aliphatic heterocycles. The average molecular weight is 315 g/mol. The molecule has 5 nitrogen and oxygen atoms in total. The van der Waals surface area contributed by atoms with E-state index in [9.17, 15) is 13.5 Å². The van der Waals surface area contributed by atoms with Gasteiger partial charge in [0.15, 0.2) is 0 Å². The molecule has 7 heteroatoms. The zero-order chi connectivity index (χ0) is 14.8. The molecule has 1 saturated carbocycles. The number of sulfonamides is 1. The molecule has 2 N–H and O–H groups in total. The first-order valence-corrected chi connectivity index (χ1v) is 8.16. The van der Waals surface area contributed by atoms with Gasteiger partial charge in [0.05, 0.1) is 22.8 Å². The number of benzene rings is 1. The summed E-state index contributed by atoms with van der Waals surface area (Å²) in [6, 6.07) is 5.97. The summed E-state index contributed by atoms with van der Waals surface area (Å²) in [6.45, 7) is 0.287. The maximum absolute atomic E-state index is 12.1. The Morgan fingerprint density at radius 1 is 1.45 bits per heavy atom. The highest BCUT2D eigenvalue weighted by Gasteiger charge is 2.25. The molecule has 1 aliphatic carbocycles. The molecular formula is C13H15ClN2O3S. The zero-order valence-corrected chi connectivity index (χ0v) is 12.3. The lowest BCUT2D eigenvalue weighted by atomic mass is 10.1. The Labute approximate surface area is 123 Å². The van der Waals surface area contributed by atoms with Crippen LogP contribution in [0.5, 0.6) is 0 Å². The molecule has 0 saturated heterocycles. The number of nitrogens with zero attached hydrogens (tertiary/aromatic N) is 1. The van der Waals surface area contributed by atoms with Crippen LogP contribution in [0.15, 0.2) is 23.1 Å². The van der Waals surface area contributed by atoms with Crippen molar-refractivity contribution in [3.8, 4) is 6.07 Å². The fraction of sp³-hybridized carbons (Fsp3) is 0.462. The predicted octanol–water partition coefficient (Wildman–Crippen LogP) is 1.65. The third-order valence-electron chi connectivity index (χ3n) is 3.43. The molecule has 1 aromatic rings. The molecule has 20 heavy (non-hydrogen) atoms. The van der Waals surface area contributed by atoms with E-state index < -0.39 is 10.0 Å². The third-order valence-corrected chi connectivity index (χ3v) is 5.33. The van der Waals surface area contributed by atoms with Gasteiger partial charge >= 0.3 is 0 Å². The topological polar surface area (TPSA) is 90.2 Å². The second kappa shape index (κ2) is 6.10. The van der Waals surface area contributed by atoms with Crippen LogP contribution in [0.1, 0.15) is 24.8 Å². The van der Waals surface area contributed by atoms with Gasteiger partial charge in [-0.3, -0.25) is 0 Å². The number of rotatable bonds is 4. The van der Waals surface area contributed by atoms with Crippen LogP contribution in [0.3, 0.4) is 0 Å². The zero-order valence-electron chi connectivity index (χ0n) is 10.7. The maximum atomic E-state index is 12.1. The monoisotopic (exact) mass is 314 g/mol. The molecular weight excluding hydrogens is 300 g/mol. The van der Waals surface area contributed by atoms with Crippen molar-refractivity contribution in [2.75, 3.05) is 6.54 Å². The van der Waals surface area contributed by atoms with Crippen molar-refractivity contribution < 1.29 is 13.5 Å². The van der Waals surface area contributed by atoms with Gasteiger partial charge < -0.3 is 5.11 Å². The molecule has 1 fully saturated rings. The molecule has 1 aromatic carbocycles. The SMILES string of the molecule is N#Cc1ccc(S(=O)(=O)NCC2CCC(O)C2)c(Cl)c1. The number of hydrogen-bond donors (Lipinski definition) is 2. The first-order chi connectivity index (χ1) is 9.42. The Morgan fingerprint density at radius 3 is 2.75 bits per heavy atom. The van der Waals surface area contributed by atoms with E-state index in [0.29, 0.717) is 18.4 Å². The number of nitriles is 1. The van der Waals surface area contributed by atoms with Crippen LogP contribution in [-0.4, -0.2) is 26.2 Å². The van der Waals surface area contributed by atoms with Crippen molar-refractivity contribution >= 4 is 21.6 Å². The van der Waals surface area contributed by atoms with Gasteiger partial charge in [-0.05, 0) is 43.4 Å². The van der Waals surface area contributed by atoms with Crippen molar-refractivity contribution in [3.63, 3.8) is 0 Å². The fourth-order valence-corrected chi connectivity index (χ4v) is 3.99. The van der Waals surface area contributed by atoms with Crippen LogP contribution in [0.25, 0.3) is 0 Å². The van der Waals surface area contributed by atoms with Gasteiger partial charge in [0, 0.05) is 6.54 Å². The van der Waals surface area contributed by atoms with Gasteiger partial charge in [0.1, 0.15) is 4.90 Å². The van der Waals surface area contributed by atoms with E-state index >= 15 is 0 Å². The Morgan fingerprint density at radius 2 is 2.20 bits per heavy atom. The summed E-state index contributed by atoms with van der Waals surface area (Å²) < 4.78 is 26.8. The van der Waals surface area contributed by atoms with E-state index in [0.717, 1.165) is 6.42 Å². The highest BCUT2D eigenvalue weighted by Crippen LogP contribution is 2.26.